The molecule has 0 bridgehead atoms. The second kappa shape index (κ2) is 7.81. The summed E-state index contributed by atoms with van der Waals surface area (Å²) in [5, 5.41) is 4.10. The topological polar surface area (TPSA) is 54.3 Å². The van der Waals surface area contributed by atoms with E-state index in [0.29, 0.717) is 10.7 Å². The van der Waals surface area contributed by atoms with Crippen molar-refractivity contribution in [3.63, 3.8) is 0 Å². The van der Waals surface area contributed by atoms with Gasteiger partial charge in [-0.05, 0) is 49.0 Å². The number of fused-ring (bicyclic) bond motifs is 1. The van der Waals surface area contributed by atoms with Crippen molar-refractivity contribution in [1.82, 2.24) is 9.88 Å². The minimum Gasteiger partial charge on any atom is -0.347 e. The molecule has 3 aromatic rings. The number of amides is 2. The Morgan fingerprint density at radius 3 is 2.69 bits per heavy atom. The van der Waals surface area contributed by atoms with Crippen molar-refractivity contribution in [1.29, 1.82) is 0 Å². The summed E-state index contributed by atoms with van der Waals surface area (Å²) in [4.78, 5) is 27.1. The van der Waals surface area contributed by atoms with Gasteiger partial charge in [-0.1, -0.05) is 42.8 Å². The van der Waals surface area contributed by atoms with Gasteiger partial charge in [0, 0.05) is 34.2 Å². The molecular weight excluding hydrogens is 406 g/mol. The van der Waals surface area contributed by atoms with Crippen LogP contribution in [0.25, 0.3) is 17.0 Å². The van der Waals surface area contributed by atoms with Crippen LogP contribution in [0, 0.1) is 0 Å². The summed E-state index contributed by atoms with van der Waals surface area (Å²) in [6.07, 6.45) is 4.58. The van der Waals surface area contributed by atoms with Crippen LogP contribution in [0.15, 0.2) is 60.3 Å². The van der Waals surface area contributed by atoms with Crippen LogP contribution in [0.3, 0.4) is 0 Å². The average molecular weight is 424 g/mol. The lowest BCUT2D eigenvalue weighted by Gasteiger charge is -2.29. The van der Waals surface area contributed by atoms with E-state index in [0.717, 1.165) is 29.4 Å². The first-order chi connectivity index (χ1) is 14.0. The monoisotopic (exact) mass is 423 g/mol. The summed E-state index contributed by atoms with van der Waals surface area (Å²) in [6.45, 7) is 2.96. The van der Waals surface area contributed by atoms with Gasteiger partial charge >= 0.3 is 0 Å². The highest BCUT2D eigenvalue weighted by Gasteiger charge is 2.34. The van der Waals surface area contributed by atoms with Gasteiger partial charge in [0.05, 0.1) is 5.69 Å². The van der Waals surface area contributed by atoms with Gasteiger partial charge in [-0.15, -0.1) is 0 Å². The smallest absolute Gasteiger partial charge is 0.270 e. The van der Waals surface area contributed by atoms with Gasteiger partial charge in [-0.2, -0.15) is 0 Å². The van der Waals surface area contributed by atoms with E-state index in [2.05, 4.69) is 16.8 Å². The molecule has 2 aromatic carbocycles. The van der Waals surface area contributed by atoms with Crippen molar-refractivity contribution >= 4 is 63.4 Å². The van der Waals surface area contributed by atoms with Gasteiger partial charge in [-0.25, -0.2) is 0 Å². The van der Waals surface area contributed by atoms with Gasteiger partial charge in [-0.3, -0.25) is 19.8 Å². The van der Waals surface area contributed by atoms with Crippen molar-refractivity contribution in [2.24, 2.45) is 0 Å². The number of rotatable bonds is 4. The van der Waals surface area contributed by atoms with Gasteiger partial charge < -0.3 is 4.57 Å². The molecule has 29 heavy (non-hydrogen) atoms. The number of aryl methyl sites for hydroxylation is 1. The van der Waals surface area contributed by atoms with E-state index in [1.165, 1.54) is 4.90 Å². The molecule has 0 aliphatic carbocycles. The lowest BCUT2D eigenvalue weighted by Crippen LogP contribution is -2.54. The zero-order valence-electron chi connectivity index (χ0n) is 15.7. The van der Waals surface area contributed by atoms with Crippen molar-refractivity contribution in [3.05, 3.63) is 70.9 Å². The maximum atomic E-state index is 13.2. The maximum Gasteiger partial charge on any atom is 0.270 e. The quantitative estimate of drug-likeness (QED) is 0.381. The van der Waals surface area contributed by atoms with E-state index in [1.54, 1.807) is 30.3 Å². The van der Waals surface area contributed by atoms with Crippen LogP contribution in [0.2, 0.25) is 5.02 Å². The summed E-state index contributed by atoms with van der Waals surface area (Å²) >= 11 is 11.3. The van der Waals surface area contributed by atoms with Gasteiger partial charge in [0.1, 0.15) is 5.57 Å². The Bertz CT molecular complexity index is 1180. The number of carbonyl (C=O) groups is 2. The molecular formula is C22H18ClN3O2S. The number of nitrogens with zero attached hydrogens (tertiary/aromatic N) is 2. The number of nitrogens with one attached hydrogen (secondary N) is 1. The molecule has 4 rings (SSSR count). The number of hydrogen-bond acceptors (Lipinski definition) is 3. The molecule has 0 saturated carbocycles. The number of benzene rings is 2. The number of aromatic nitrogens is 1. The zero-order chi connectivity index (χ0) is 20.5. The van der Waals surface area contributed by atoms with Crippen molar-refractivity contribution in [3.8, 4) is 0 Å². The Labute approximate surface area is 178 Å². The van der Waals surface area contributed by atoms with E-state index in [9.17, 15) is 9.59 Å². The number of thiocarbonyl (C=S) groups is 1. The third-order valence-electron chi connectivity index (χ3n) is 4.75. The normalized spacial score (nSPS) is 16.0. The van der Waals surface area contributed by atoms with Gasteiger partial charge in [0.25, 0.3) is 11.8 Å². The Morgan fingerprint density at radius 2 is 1.93 bits per heavy atom. The SMILES string of the molecule is CCCn1cc(C=C2C(=O)NC(=S)N(c3cccc(Cl)c3)C2=O)c2ccccc21. The molecule has 1 N–H and O–H groups in total. The Kier molecular flexibility index (Phi) is 5.22. The Morgan fingerprint density at radius 1 is 1.14 bits per heavy atom. The lowest BCUT2D eigenvalue weighted by atomic mass is 10.1. The highest BCUT2D eigenvalue weighted by molar-refractivity contribution is 7.80. The van der Waals surface area contributed by atoms with Crippen molar-refractivity contribution in [2.75, 3.05) is 4.90 Å². The summed E-state index contributed by atoms with van der Waals surface area (Å²) in [7, 11) is 0. The molecule has 1 aromatic heterocycles. The van der Waals surface area contributed by atoms with Crippen molar-refractivity contribution < 1.29 is 9.59 Å². The Hall–Kier alpha value is -2.96. The second-order valence-corrected chi connectivity index (χ2v) is 7.56. The molecule has 1 fully saturated rings. The average Bonchev–Trinajstić information content (AvgIpc) is 3.03. The fourth-order valence-corrected chi connectivity index (χ4v) is 3.94. The van der Waals surface area contributed by atoms with Crippen molar-refractivity contribution in [2.45, 2.75) is 19.9 Å². The number of hydrogen-bond donors (Lipinski definition) is 1. The first-order valence-corrected chi connectivity index (χ1v) is 10.0. The predicted octanol–water partition coefficient (Wildman–Crippen LogP) is 4.54. The molecule has 5 nitrogen and oxygen atoms in total. The molecule has 0 unspecified atom stereocenters. The minimum absolute atomic E-state index is 0.0259. The highest BCUT2D eigenvalue weighted by atomic mass is 35.5. The predicted molar refractivity (Wildman–Crippen MR) is 120 cm³/mol. The summed E-state index contributed by atoms with van der Waals surface area (Å²) in [5.41, 5.74) is 2.41. The lowest BCUT2D eigenvalue weighted by molar-refractivity contribution is -0.122. The largest absolute Gasteiger partial charge is 0.347 e. The molecule has 0 spiro atoms. The number of carbonyl (C=O) groups excluding carboxylic acids is 2. The minimum atomic E-state index is -0.509. The van der Waals surface area contributed by atoms with Crippen LogP contribution < -0.4 is 10.2 Å². The third-order valence-corrected chi connectivity index (χ3v) is 5.27. The van der Waals surface area contributed by atoms with Gasteiger partial charge in [0.2, 0.25) is 0 Å². The van der Waals surface area contributed by atoms with Crippen LogP contribution >= 0.6 is 23.8 Å². The first kappa shape index (κ1) is 19.4. The molecule has 146 valence electrons. The van der Waals surface area contributed by atoms with E-state index < -0.39 is 11.8 Å². The van der Waals surface area contributed by atoms with E-state index in [1.807, 2.05) is 30.5 Å². The zero-order valence-corrected chi connectivity index (χ0v) is 17.3. The molecule has 1 saturated heterocycles. The molecule has 7 heteroatoms. The fraction of sp³-hybridized carbons (Fsp3) is 0.136. The number of halogens is 1. The fourth-order valence-electron chi connectivity index (χ4n) is 3.48. The van der Waals surface area contributed by atoms with Gasteiger partial charge in [0.15, 0.2) is 5.11 Å². The molecule has 2 heterocycles. The van der Waals surface area contributed by atoms with Crippen LogP contribution in [0.5, 0.6) is 0 Å². The van der Waals surface area contributed by atoms with E-state index in [4.69, 9.17) is 23.8 Å². The highest BCUT2D eigenvalue weighted by Crippen LogP contribution is 2.27. The Balaban J connectivity index is 1.81. The number of anilines is 1. The first-order valence-electron chi connectivity index (χ1n) is 9.24. The maximum absolute atomic E-state index is 13.2. The third kappa shape index (κ3) is 3.57. The molecule has 1 aliphatic rings. The molecule has 2 amide bonds. The van der Waals surface area contributed by atoms with Crippen LogP contribution in [0.1, 0.15) is 18.9 Å². The van der Waals surface area contributed by atoms with Crippen LogP contribution in [0.4, 0.5) is 5.69 Å². The molecule has 0 atom stereocenters. The van der Waals surface area contributed by atoms with E-state index in [-0.39, 0.29) is 10.7 Å². The van der Waals surface area contributed by atoms with E-state index >= 15 is 0 Å². The standard InChI is InChI=1S/C22H18ClN3O2S/c1-2-10-25-13-14(17-8-3-4-9-19(17)25)11-18-20(27)24-22(29)26(21(18)28)16-7-5-6-15(23)12-16/h3-9,11-13H,2,10H2,1H3,(H,24,27,29). The second-order valence-electron chi connectivity index (χ2n) is 6.73. The summed E-state index contributed by atoms with van der Waals surface area (Å²) < 4.78 is 2.13. The molecule has 0 radical (unpaired) electrons. The molecule has 1 aliphatic heterocycles. The number of para-hydroxylation sites is 1. The summed E-state index contributed by atoms with van der Waals surface area (Å²) in [6, 6.07) is 14.7. The summed E-state index contributed by atoms with van der Waals surface area (Å²) in [5.74, 6) is -0.987. The van der Waals surface area contributed by atoms with Crippen LogP contribution in [-0.2, 0) is 16.1 Å². The van der Waals surface area contributed by atoms with Crippen LogP contribution in [-0.4, -0.2) is 21.5 Å².